The van der Waals surface area contributed by atoms with Gasteiger partial charge in [-0.25, -0.2) is 14.4 Å². The van der Waals surface area contributed by atoms with Crippen molar-refractivity contribution in [2.75, 3.05) is 20.2 Å². The van der Waals surface area contributed by atoms with Gasteiger partial charge in [0.2, 0.25) is 0 Å². The number of likely N-dealkylation sites (tertiary alicyclic amines) is 1. The van der Waals surface area contributed by atoms with Gasteiger partial charge in [0.25, 0.3) is 0 Å². The first kappa shape index (κ1) is 21.0. The molecule has 1 fully saturated rings. The Bertz CT molecular complexity index is 466. The summed E-state index contributed by atoms with van der Waals surface area (Å²) in [6.45, 7) is 5.60. The number of rotatable bonds is 1. The molecule has 23 heavy (non-hydrogen) atoms. The minimum atomic E-state index is -5.08. The second-order valence-electron chi connectivity index (χ2n) is 5.79. The van der Waals surface area contributed by atoms with Gasteiger partial charge in [0.15, 0.2) is 5.54 Å². The highest BCUT2D eigenvalue weighted by Gasteiger charge is 2.50. The number of methoxy groups -OCH3 is 1. The Labute approximate surface area is 130 Å². The standard InChI is InChI=1S/C10H18N2O4.C2HF3O2/c1-9(2,3)16-8(14)12-5-10(11,6-12)7(13)15-4;3-2(4,5)1(6)7/h5-6,11H2,1-4H3;(H,6,7). The maximum absolute atomic E-state index is 11.5. The number of carbonyl (C=O) groups excluding carboxylic acids is 2. The Morgan fingerprint density at radius 2 is 1.57 bits per heavy atom. The van der Waals surface area contributed by atoms with Crippen molar-refractivity contribution in [3.8, 4) is 0 Å². The molecule has 0 aromatic carbocycles. The Morgan fingerprint density at radius 3 is 1.83 bits per heavy atom. The number of hydrogen-bond donors (Lipinski definition) is 2. The van der Waals surface area contributed by atoms with E-state index in [-0.39, 0.29) is 13.1 Å². The lowest BCUT2D eigenvalue weighted by atomic mass is 9.92. The highest BCUT2D eigenvalue weighted by atomic mass is 19.4. The Morgan fingerprint density at radius 1 is 1.17 bits per heavy atom. The summed E-state index contributed by atoms with van der Waals surface area (Å²) in [5.74, 6) is -3.26. The highest BCUT2D eigenvalue weighted by molar-refractivity contribution is 5.85. The normalized spacial score (nSPS) is 16.4. The number of carboxylic acid groups (broad SMARTS) is 1. The fourth-order valence-electron chi connectivity index (χ4n) is 1.42. The van der Waals surface area contributed by atoms with E-state index in [0.29, 0.717) is 0 Å². The molecule has 134 valence electrons. The quantitative estimate of drug-likeness (QED) is 0.673. The third-order valence-corrected chi connectivity index (χ3v) is 2.43. The summed E-state index contributed by atoms with van der Waals surface area (Å²) in [5, 5.41) is 7.12. The molecule has 11 heteroatoms. The van der Waals surface area contributed by atoms with Gasteiger partial charge in [-0.15, -0.1) is 0 Å². The molecule has 1 heterocycles. The van der Waals surface area contributed by atoms with Gasteiger partial charge in [-0.2, -0.15) is 13.2 Å². The van der Waals surface area contributed by atoms with Crippen LogP contribution in [-0.2, 0) is 19.1 Å². The molecule has 0 aromatic heterocycles. The van der Waals surface area contributed by atoms with E-state index in [1.807, 2.05) is 0 Å². The molecule has 8 nitrogen and oxygen atoms in total. The summed E-state index contributed by atoms with van der Waals surface area (Å²) in [5.41, 5.74) is 4.10. The van der Waals surface area contributed by atoms with E-state index >= 15 is 0 Å². The van der Waals surface area contributed by atoms with Crippen LogP contribution in [0.3, 0.4) is 0 Å². The van der Waals surface area contributed by atoms with Gasteiger partial charge in [-0.1, -0.05) is 0 Å². The number of amides is 1. The predicted molar refractivity (Wildman–Crippen MR) is 70.4 cm³/mol. The van der Waals surface area contributed by atoms with Crippen LogP contribution >= 0.6 is 0 Å². The third-order valence-electron chi connectivity index (χ3n) is 2.43. The molecule has 0 atom stereocenters. The van der Waals surface area contributed by atoms with Crippen molar-refractivity contribution in [3.63, 3.8) is 0 Å². The largest absolute Gasteiger partial charge is 0.490 e. The molecule has 0 bridgehead atoms. The maximum Gasteiger partial charge on any atom is 0.490 e. The molecular formula is C12H19F3N2O6. The number of carboxylic acids is 1. The van der Waals surface area contributed by atoms with Crippen LogP contribution in [0.15, 0.2) is 0 Å². The Balaban J connectivity index is 0.000000585. The zero-order chi connectivity index (χ0) is 18.6. The lowest BCUT2D eigenvalue weighted by molar-refractivity contribution is -0.192. The average molecular weight is 344 g/mol. The Kier molecular flexibility index (Phi) is 6.40. The summed E-state index contributed by atoms with van der Waals surface area (Å²) in [6.07, 6.45) is -5.54. The minimum absolute atomic E-state index is 0.134. The molecule has 1 saturated heterocycles. The van der Waals surface area contributed by atoms with Gasteiger partial charge in [0.1, 0.15) is 5.60 Å². The van der Waals surface area contributed by atoms with E-state index in [9.17, 15) is 22.8 Å². The fraction of sp³-hybridized carbons (Fsp3) is 0.750. The molecule has 0 spiro atoms. The lowest BCUT2D eigenvalue weighted by Gasteiger charge is -2.44. The van der Waals surface area contributed by atoms with Crippen molar-refractivity contribution in [1.29, 1.82) is 0 Å². The number of esters is 1. The van der Waals surface area contributed by atoms with Gasteiger partial charge in [-0.05, 0) is 20.8 Å². The van der Waals surface area contributed by atoms with Crippen LogP contribution in [-0.4, -0.2) is 65.6 Å². The maximum atomic E-state index is 11.5. The zero-order valence-electron chi connectivity index (χ0n) is 13.1. The summed E-state index contributed by atoms with van der Waals surface area (Å²) in [6, 6.07) is 0. The van der Waals surface area contributed by atoms with Crippen LogP contribution in [0.1, 0.15) is 20.8 Å². The van der Waals surface area contributed by atoms with Crippen molar-refractivity contribution in [2.45, 2.75) is 38.1 Å². The third kappa shape index (κ3) is 6.72. The van der Waals surface area contributed by atoms with Crippen molar-refractivity contribution in [3.05, 3.63) is 0 Å². The number of nitrogens with zero attached hydrogens (tertiary/aromatic N) is 1. The molecule has 0 unspecified atom stereocenters. The number of hydrogen-bond acceptors (Lipinski definition) is 6. The fourth-order valence-corrected chi connectivity index (χ4v) is 1.42. The van der Waals surface area contributed by atoms with Crippen molar-refractivity contribution in [2.24, 2.45) is 5.73 Å². The second kappa shape index (κ2) is 7.02. The summed E-state index contributed by atoms with van der Waals surface area (Å²) >= 11 is 0. The van der Waals surface area contributed by atoms with E-state index in [1.165, 1.54) is 12.0 Å². The van der Waals surface area contributed by atoms with E-state index in [1.54, 1.807) is 20.8 Å². The number of halogens is 3. The van der Waals surface area contributed by atoms with Gasteiger partial charge >= 0.3 is 24.2 Å². The van der Waals surface area contributed by atoms with E-state index in [0.717, 1.165) is 0 Å². The molecule has 1 amide bonds. The van der Waals surface area contributed by atoms with Crippen LogP contribution in [0.2, 0.25) is 0 Å². The molecule has 1 aliphatic heterocycles. The number of alkyl halides is 3. The van der Waals surface area contributed by atoms with Gasteiger partial charge in [0, 0.05) is 0 Å². The number of aliphatic carboxylic acids is 1. The highest BCUT2D eigenvalue weighted by Crippen LogP contribution is 2.22. The first-order chi connectivity index (χ1) is 10.1. The van der Waals surface area contributed by atoms with Crippen molar-refractivity contribution in [1.82, 2.24) is 4.90 Å². The number of ether oxygens (including phenoxy) is 2. The molecule has 3 N–H and O–H groups in total. The molecule has 1 aliphatic rings. The van der Waals surface area contributed by atoms with E-state index in [4.69, 9.17) is 20.4 Å². The predicted octanol–water partition coefficient (Wildman–Crippen LogP) is 0.741. The van der Waals surface area contributed by atoms with Crippen LogP contribution in [0.25, 0.3) is 0 Å². The van der Waals surface area contributed by atoms with Gasteiger partial charge in [-0.3, -0.25) is 0 Å². The summed E-state index contributed by atoms with van der Waals surface area (Å²) in [7, 11) is 1.27. The second-order valence-corrected chi connectivity index (χ2v) is 5.79. The minimum Gasteiger partial charge on any atom is -0.475 e. The average Bonchev–Trinajstić information content (AvgIpc) is 2.31. The lowest BCUT2D eigenvalue weighted by Crippen LogP contribution is -2.73. The molecule has 0 saturated carbocycles. The first-order valence-corrected chi connectivity index (χ1v) is 6.28. The molecular weight excluding hydrogens is 325 g/mol. The summed E-state index contributed by atoms with van der Waals surface area (Å²) in [4.78, 5) is 33.1. The van der Waals surface area contributed by atoms with Crippen molar-refractivity contribution < 1.29 is 42.1 Å². The van der Waals surface area contributed by atoms with Crippen LogP contribution in [0, 0.1) is 0 Å². The van der Waals surface area contributed by atoms with E-state index in [2.05, 4.69) is 4.74 Å². The zero-order valence-corrected chi connectivity index (χ0v) is 13.1. The molecule has 0 aliphatic carbocycles. The smallest absolute Gasteiger partial charge is 0.475 e. The number of carbonyl (C=O) groups is 3. The molecule has 1 rings (SSSR count). The number of nitrogens with two attached hydrogens (primary N) is 1. The SMILES string of the molecule is COC(=O)C1(N)CN(C(=O)OC(C)(C)C)C1.O=C(O)C(F)(F)F. The molecule has 0 radical (unpaired) electrons. The van der Waals surface area contributed by atoms with Crippen LogP contribution in [0.4, 0.5) is 18.0 Å². The van der Waals surface area contributed by atoms with E-state index < -0.39 is 35.3 Å². The molecule has 0 aromatic rings. The van der Waals surface area contributed by atoms with Crippen LogP contribution < -0.4 is 5.73 Å². The summed E-state index contributed by atoms with van der Waals surface area (Å²) < 4.78 is 41.4. The Hall–Kier alpha value is -2.04. The van der Waals surface area contributed by atoms with Gasteiger partial charge in [0.05, 0.1) is 20.2 Å². The van der Waals surface area contributed by atoms with Gasteiger partial charge < -0.3 is 25.2 Å². The first-order valence-electron chi connectivity index (χ1n) is 6.28. The van der Waals surface area contributed by atoms with Crippen LogP contribution in [0.5, 0.6) is 0 Å². The topological polar surface area (TPSA) is 119 Å². The monoisotopic (exact) mass is 344 g/mol. The van der Waals surface area contributed by atoms with Crippen molar-refractivity contribution >= 4 is 18.0 Å².